The molecule has 5 nitrogen and oxygen atoms in total. The van der Waals surface area contributed by atoms with Crippen LogP contribution in [-0.4, -0.2) is 14.5 Å². The zero-order valence-corrected chi connectivity index (χ0v) is 13.1. The monoisotopic (exact) mass is 310 g/mol. The van der Waals surface area contributed by atoms with Crippen LogP contribution in [0.2, 0.25) is 0 Å². The highest BCUT2D eigenvalue weighted by Gasteiger charge is 2.12. The lowest BCUT2D eigenvalue weighted by Crippen LogP contribution is -2.15. The molecular formula is C16H14N4OS. The Labute approximate surface area is 131 Å². The summed E-state index contributed by atoms with van der Waals surface area (Å²) in [6.45, 7) is 4.87. The van der Waals surface area contributed by atoms with Crippen LogP contribution in [0.25, 0.3) is 21.5 Å². The third-order valence-corrected chi connectivity index (χ3v) is 4.24. The van der Waals surface area contributed by atoms with Gasteiger partial charge in [0.1, 0.15) is 11.8 Å². The molecule has 0 fully saturated rings. The van der Waals surface area contributed by atoms with Gasteiger partial charge in [-0.3, -0.25) is 14.3 Å². The lowest BCUT2D eigenvalue weighted by molar-refractivity contribution is 0.529. The predicted octanol–water partition coefficient (Wildman–Crippen LogP) is 3.05. The van der Waals surface area contributed by atoms with Crippen molar-refractivity contribution in [2.45, 2.75) is 20.4 Å². The van der Waals surface area contributed by atoms with Crippen LogP contribution in [0.4, 0.5) is 0 Å². The second-order valence-corrected chi connectivity index (χ2v) is 6.41. The van der Waals surface area contributed by atoms with E-state index in [4.69, 9.17) is 5.26 Å². The largest absolute Gasteiger partial charge is 0.308 e. The molecular weight excluding hydrogens is 296 g/mol. The fourth-order valence-electron chi connectivity index (χ4n) is 2.38. The first kappa shape index (κ1) is 14.4. The maximum atomic E-state index is 12.1. The Balaban J connectivity index is 2.16. The molecule has 0 atom stereocenters. The molecule has 0 amide bonds. The van der Waals surface area contributed by atoms with Crippen molar-refractivity contribution in [3.8, 4) is 17.3 Å². The van der Waals surface area contributed by atoms with Gasteiger partial charge in [0.25, 0.3) is 0 Å². The standard InChI is InChI=1S/C16H14N4OS/c1-10(2)9-20-13-4-3-11(7-14(13)22-16(20)21)15-12(8-17)18-5-6-19-15/h3-7,10H,9H2,1-2H3. The summed E-state index contributed by atoms with van der Waals surface area (Å²) >= 11 is 1.22. The van der Waals surface area contributed by atoms with Crippen LogP contribution >= 0.6 is 11.3 Å². The normalized spacial score (nSPS) is 11.0. The molecule has 110 valence electrons. The Morgan fingerprint density at radius 1 is 1.32 bits per heavy atom. The number of nitrogens with zero attached hydrogens (tertiary/aromatic N) is 4. The lowest BCUT2D eigenvalue weighted by atomic mass is 10.1. The molecule has 2 heterocycles. The van der Waals surface area contributed by atoms with Crippen LogP contribution in [0.3, 0.4) is 0 Å². The van der Waals surface area contributed by atoms with Crippen molar-refractivity contribution in [1.82, 2.24) is 14.5 Å². The minimum Gasteiger partial charge on any atom is -0.298 e. The molecule has 0 saturated carbocycles. The Hall–Kier alpha value is -2.52. The zero-order valence-electron chi connectivity index (χ0n) is 12.3. The highest BCUT2D eigenvalue weighted by molar-refractivity contribution is 7.16. The summed E-state index contributed by atoms with van der Waals surface area (Å²) in [5.74, 6) is 0.403. The number of rotatable bonds is 3. The van der Waals surface area contributed by atoms with Crippen LogP contribution < -0.4 is 4.87 Å². The van der Waals surface area contributed by atoms with Gasteiger partial charge in [0, 0.05) is 24.5 Å². The number of hydrogen-bond donors (Lipinski definition) is 0. The van der Waals surface area contributed by atoms with Gasteiger partial charge in [-0.1, -0.05) is 31.3 Å². The quantitative estimate of drug-likeness (QED) is 0.745. The summed E-state index contributed by atoms with van der Waals surface area (Å²) in [5.41, 5.74) is 2.56. The summed E-state index contributed by atoms with van der Waals surface area (Å²) < 4.78 is 2.70. The van der Waals surface area contributed by atoms with Gasteiger partial charge in [-0.2, -0.15) is 5.26 Å². The molecule has 6 heteroatoms. The van der Waals surface area contributed by atoms with E-state index in [1.54, 1.807) is 10.8 Å². The van der Waals surface area contributed by atoms with Crippen molar-refractivity contribution in [3.63, 3.8) is 0 Å². The minimum atomic E-state index is 0.0421. The first-order chi connectivity index (χ1) is 10.6. The Morgan fingerprint density at radius 3 is 2.82 bits per heavy atom. The van der Waals surface area contributed by atoms with Gasteiger partial charge in [-0.15, -0.1) is 0 Å². The van der Waals surface area contributed by atoms with Gasteiger partial charge >= 0.3 is 4.87 Å². The molecule has 0 aliphatic heterocycles. The van der Waals surface area contributed by atoms with Gasteiger partial charge in [0.05, 0.1) is 10.2 Å². The summed E-state index contributed by atoms with van der Waals surface area (Å²) in [4.78, 5) is 20.5. The Kier molecular flexibility index (Phi) is 3.73. The van der Waals surface area contributed by atoms with E-state index in [9.17, 15) is 4.79 Å². The van der Waals surface area contributed by atoms with E-state index in [0.29, 0.717) is 18.2 Å². The fraction of sp³-hybridized carbons (Fsp3) is 0.250. The average molecular weight is 310 g/mol. The smallest absolute Gasteiger partial charge is 0.298 e. The maximum Gasteiger partial charge on any atom is 0.308 e. The van der Waals surface area contributed by atoms with Crippen molar-refractivity contribution >= 4 is 21.6 Å². The number of aromatic nitrogens is 3. The molecule has 0 bridgehead atoms. The number of benzene rings is 1. The third kappa shape index (κ3) is 2.51. The van der Waals surface area contributed by atoms with Gasteiger partial charge in [0.2, 0.25) is 0 Å². The maximum absolute atomic E-state index is 12.1. The average Bonchev–Trinajstić information content (AvgIpc) is 2.82. The molecule has 22 heavy (non-hydrogen) atoms. The summed E-state index contributed by atoms with van der Waals surface area (Å²) in [5, 5.41) is 9.14. The second kappa shape index (κ2) is 5.70. The van der Waals surface area contributed by atoms with Crippen LogP contribution in [0.5, 0.6) is 0 Å². The van der Waals surface area contributed by atoms with E-state index in [1.165, 1.54) is 17.5 Å². The molecule has 3 rings (SSSR count). The summed E-state index contributed by atoms with van der Waals surface area (Å²) in [6, 6.07) is 7.76. The zero-order chi connectivity index (χ0) is 15.7. The van der Waals surface area contributed by atoms with Gasteiger partial charge < -0.3 is 0 Å². The van der Waals surface area contributed by atoms with E-state index in [0.717, 1.165) is 15.8 Å². The SMILES string of the molecule is CC(C)Cn1c(=O)sc2cc(-c3nccnc3C#N)ccc21. The van der Waals surface area contributed by atoms with E-state index in [1.807, 2.05) is 24.3 Å². The van der Waals surface area contributed by atoms with Crippen molar-refractivity contribution in [2.24, 2.45) is 5.92 Å². The summed E-state index contributed by atoms with van der Waals surface area (Å²) in [7, 11) is 0. The van der Waals surface area contributed by atoms with Crippen LogP contribution in [-0.2, 0) is 6.54 Å². The molecule has 0 spiro atoms. The number of hydrogen-bond acceptors (Lipinski definition) is 5. The number of fused-ring (bicyclic) bond motifs is 1. The molecule has 0 N–H and O–H groups in total. The predicted molar refractivity (Wildman–Crippen MR) is 86.7 cm³/mol. The second-order valence-electron chi connectivity index (χ2n) is 5.42. The molecule has 3 aromatic rings. The molecule has 0 unspecified atom stereocenters. The van der Waals surface area contributed by atoms with E-state index < -0.39 is 0 Å². The molecule has 0 radical (unpaired) electrons. The highest BCUT2D eigenvalue weighted by Crippen LogP contribution is 2.26. The minimum absolute atomic E-state index is 0.0421. The Morgan fingerprint density at radius 2 is 2.09 bits per heavy atom. The van der Waals surface area contributed by atoms with E-state index in [-0.39, 0.29) is 10.6 Å². The lowest BCUT2D eigenvalue weighted by Gasteiger charge is -2.07. The van der Waals surface area contributed by atoms with E-state index in [2.05, 4.69) is 23.8 Å². The number of nitriles is 1. The van der Waals surface area contributed by atoms with Crippen molar-refractivity contribution < 1.29 is 0 Å². The highest BCUT2D eigenvalue weighted by atomic mass is 32.1. The van der Waals surface area contributed by atoms with Crippen molar-refractivity contribution in [2.75, 3.05) is 0 Å². The van der Waals surface area contributed by atoms with Crippen molar-refractivity contribution in [1.29, 1.82) is 5.26 Å². The summed E-state index contributed by atoms with van der Waals surface area (Å²) in [6.07, 6.45) is 3.06. The molecule has 0 aliphatic rings. The Bertz CT molecular complexity index is 933. The number of thiazole rings is 1. The first-order valence-electron chi connectivity index (χ1n) is 6.95. The first-order valence-corrected chi connectivity index (χ1v) is 7.76. The molecule has 2 aromatic heterocycles. The van der Waals surface area contributed by atoms with Crippen molar-refractivity contribution in [3.05, 3.63) is 46.0 Å². The molecule has 0 saturated heterocycles. The topological polar surface area (TPSA) is 71.6 Å². The third-order valence-electron chi connectivity index (χ3n) is 3.29. The van der Waals surface area contributed by atoms with Gasteiger partial charge in [0.15, 0.2) is 5.69 Å². The molecule has 0 aliphatic carbocycles. The van der Waals surface area contributed by atoms with Crippen LogP contribution in [0.15, 0.2) is 35.4 Å². The fourth-order valence-corrected chi connectivity index (χ4v) is 3.32. The van der Waals surface area contributed by atoms with Gasteiger partial charge in [-0.25, -0.2) is 4.98 Å². The van der Waals surface area contributed by atoms with Gasteiger partial charge in [-0.05, 0) is 18.1 Å². The van der Waals surface area contributed by atoms with E-state index >= 15 is 0 Å². The molecule has 1 aromatic carbocycles. The van der Waals surface area contributed by atoms with Crippen LogP contribution in [0, 0.1) is 17.2 Å². The van der Waals surface area contributed by atoms with Crippen LogP contribution in [0.1, 0.15) is 19.5 Å².